The number of fused-ring (bicyclic) bond motifs is 1. The van der Waals surface area contributed by atoms with Crippen molar-refractivity contribution in [1.29, 1.82) is 0 Å². The summed E-state index contributed by atoms with van der Waals surface area (Å²) in [4.78, 5) is 30.7. The van der Waals surface area contributed by atoms with Gasteiger partial charge in [-0.3, -0.25) is 9.59 Å². The van der Waals surface area contributed by atoms with Gasteiger partial charge >= 0.3 is 5.56 Å². The van der Waals surface area contributed by atoms with E-state index in [0.29, 0.717) is 28.3 Å². The number of para-hydroxylation sites is 1. The van der Waals surface area contributed by atoms with E-state index in [9.17, 15) is 9.59 Å². The highest BCUT2D eigenvalue weighted by Gasteiger charge is 2.16. The van der Waals surface area contributed by atoms with E-state index in [2.05, 4.69) is 30.0 Å². The summed E-state index contributed by atoms with van der Waals surface area (Å²) in [5, 5.41) is 9.30. The van der Waals surface area contributed by atoms with Crippen molar-refractivity contribution in [3.63, 3.8) is 0 Å². The van der Waals surface area contributed by atoms with E-state index in [1.54, 1.807) is 22.9 Å². The van der Waals surface area contributed by atoms with Crippen LogP contribution >= 0.6 is 11.3 Å². The number of thiazole rings is 1. The van der Waals surface area contributed by atoms with Crippen LogP contribution in [-0.4, -0.2) is 31.0 Å². The maximum absolute atomic E-state index is 13.5. The fourth-order valence-corrected chi connectivity index (χ4v) is 5.52. The molecular formula is C33H29N5O3S. The summed E-state index contributed by atoms with van der Waals surface area (Å²) in [5.74, 6) is 1.41. The van der Waals surface area contributed by atoms with Crippen molar-refractivity contribution in [3.8, 4) is 34.0 Å². The average molecular weight is 576 g/mol. The molecule has 0 N–H and O–H groups in total. The van der Waals surface area contributed by atoms with Gasteiger partial charge in [0.05, 0.1) is 16.8 Å². The number of ether oxygens (including phenoxy) is 1. The Kier molecular flexibility index (Phi) is 7.50. The Hall–Kier alpha value is -4.89. The fourth-order valence-electron chi connectivity index (χ4n) is 4.62. The first-order valence-electron chi connectivity index (χ1n) is 13.8. The Morgan fingerprint density at radius 3 is 2.36 bits per heavy atom. The second kappa shape index (κ2) is 11.5. The second-order valence-corrected chi connectivity index (χ2v) is 11.5. The minimum absolute atomic E-state index is 0.137. The van der Waals surface area contributed by atoms with E-state index in [1.165, 1.54) is 4.52 Å². The standard InChI is InChI=1S/C33H29N5O3S/c1-21(2)16-17-41-27-15-14-24(18-22(27)3)29-25(20-37(35-29)26-12-8-5-9-13-26)19-28-32(40)38-33(42-28)34-31(39)30(36-38)23-10-6-4-7-11-23/h4-15,18-21H,16-17H2,1-3H3/b28-19-. The summed E-state index contributed by atoms with van der Waals surface area (Å²) in [7, 11) is 0. The largest absolute Gasteiger partial charge is 0.493 e. The molecule has 3 aromatic heterocycles. The molecule has 0 aliphatic rings. The number of aromatic nitrogens is 5. The van der Waals surface area contributed by atoms with E-state index < -0.39 is 5.56 Å². The van der Waals surface area contributed by atoms with Gasteiger partial charge in [-0.15, -0.1) is 0 Å². The van der Waals surface area contributed by atoms with Gasteiger partial charge in [0.15, 0.2) is 5.69 Å². The lowest BCUT2D eigenvalue weighted by Gasteiger charge is -2.11. The number of hydrogen-bond donors (Lipinski definition) is 0. The lowest BCUT2D eigenvalue weighted by atomic mass is 10.0. The minimum atomic E-state index is -0.474. The summed E-state index contributed by atoms with van der Waals surface area (Å²) < 4.78 is 9.43. The van der Waals surface area contributed by atoms with Gasteiger partial charge in [0, 0.05) is 22.9 Å². The molecule has 9 heteroatoms. The average Bonchev–Trinajstić information content (AvgIpc) is 3.54. The Morgan fingerprint density at radius 2 is 1.64 bits per heavy atom. The predicted molar refractivity (Wildman–Crippen MR) is 166 cm³/mol. The van der Waals surface area contributed by atoms with Crippen LogP contribution in [0.3, 0.4) is 0 Å². The van der Waals surface area contributed by atoms with E-state index >= 15 is 0 Å². The summed E-state index contributed by atoms with van der Waals surface area (Å²) in [6.45, 7) is 7.04. The molecule has 0 saturated carbocycles. The molecular weight excluding hydrogens is 546 g/mol. The molecule has 0 saturated heterocycles. The molecule has 0 spiro atoms. The molecule has 3 heterocycles. The zero-order valence-corrected chi connectivity index (χ0v) is 24.3. The van der Waals surface area contributed by atoms with Crippen LogP contribution in [0.25, 0.3) is 39.2 Å². The zero-order chi connectivity index (χ0) is 29.2. The van der Waals surface area contributed by atoms with Crippen molar-refractivity contribution in [2.75, 3.05) is 6.61 Å². The van der Waals surface area contributed by atoms with E-state index in [4.69, 9.17) is 9.84 Å². The second-order valence-electron chi connectivity index (χ2n) is 10.5. The number of rotatable bonds is 8. The fraction of sp³-hybridized carbons (Fsp3) is 0.182. The Morgan fingerprint density at radius 1 is 0.905 bits per heavy atom. The topological polar surface area (TPSA) is 91.4 Å². The Labute approximate surface area is 246 Å². The molecule has 0 atom stereocenters. The van der Waals surface area contributed by atoms with Crippen LogP contribution in [0.15, 0.2) is 94.6 Å². The molecule has 0 amide bonds. The predicted octanol–water partition coefficient (Wildman–Crippen LogP) is 5.31. The lowest BCUT2D eigenvalue weighted by Crippen LogP contribution is -2.26. The molecule has 0 unspecified atom stereocenters. The van der Waals surface area contributed by atoms with Crippen molar-refractivity contribution in [2.45, 2.75) is 27.2 Å². The molecule has 0 radical (unpaired) electrons. The van der Waals surface area contributed by atoms with Gasteiger partial charge in [-0.2, -0.15) is 19.7 Å². The molecule has 0 aliphatic carbocycles. The van der Waals surface area contributed by atoms with E-state index in [-0.39, 0.29) is 16.2 Å². The summed E-state index contributed by atoms with van der Waals surface area (Å²) in [6.07, 6.45) is 4.67. The summed E-state index contributed by atoms with van der Waals surface area (Å²) >= 11 is 1.13. The molecule has 6 rings (SSSR count). The van der Waals surface area contributed by atoms with Gasteiger partial charge in [0.1, 0.15) is 11.4 Å². The van der Waals surface area contributed by atoms with Crippen LogP contribution in [0.5, 0.6) is 5.75 Å². The van der Waals surface area contributed by atoms with Crippen LogP contribution in [0.2, 0.25) is 0 Å². The highest BCUT2D eigenvalue weighted by atomic mass is 32.1. The Bertz CT molecular complexity index is 2050. The number of hydrogen-bond acceptors (Lipinski definition) is 7. The SMILES string of the molecule is Cc1cc(-c2nn(-c3ccccc3)cc2/C=c2\sc3nc(=O)c(-c4ccccc4)nn3c2=O)ccc1OCCC(C)C. The molecule has 8 nitrogen and oxygen atoms in total. The highest BCUT2D eigenvalue weighted by molar-refractivity contribution is 7.15. The van der Waals surface area contributed by atoms with Crippen LogP contribution in [0.4, 0.5) is 0 Å². The van der Waals surface area contributed by atoms with Crippen molar-refractivity contribution >= 4 is 22.4 Å². The van der Waals surface area contributed by atoms with Crippen molar-refractivity contribution in [1.82, 2.24) is 24.4 Å². The molecule has 0 fully saturated rings. The highest BCUT2D eigenvalue weighted by Crippen LogP contribution is 2.29. The van der Waals surface area contributed by atoms with E-state index in [0.717, 1.165) is 45.9 Å². The van der Waals surface area contributed by atoms with Gasteiger partial charge in [-0.25, -0.2) is 4.68 Å². The number of nitrogens with zero attached hydrogens (tertiary/aromatic N) is 5. The third-order valence-electron chi connectivity index (χ3n) is 6.88. The van der Waals surface area contributed by atoms with Gasteiger partial charge in [0.2, 0.25) is 4.96 Å². The summed E-state index contributed by atoms with van der Waals surface area (Å²) in [6, 6.07) is 24.8. The maximum Gasteiger partial charge on any atom is 0.300 e. The monoisotopic (exact) mass is 575 g/mol. The third-order valence-corrected chi connectivity index (χ3v) is 7.84. The van der Waals surface area contributed by atoms with Crippen molar-refractivity contribution in [2.24, 2.45) is 5.92 Å². The summed E-state index contributed by atoms with van der Waals surface area (Å²) in [5.41, 5.74) is 4.19. The number of aryl methyl sites for hydroxylation is 1. The molecule has 0 bridgehead atoms. The minimum Gasteiger partial charge on any atom is -0.493 e. The van der Waals surface area contributed by atoms with Gasteiger partial charge in [0.25, 0.3) is 5.56 Å². The molecule has 42 heavy (non-hydrogen) atoms. The first kappa shape index (κ1) is 27.3. The molecule has 0 aliphatic heterocycles. The maximum atomic E-state index is 13.5. The molecule has 210 valence electrons. The van der Waals surface area contributed by atoms with Crippen LogP contribution < -0.4 is 20.4 Å². The molecule has 6 aromatic rings. The van der Waals surface area contributed by atoms with Crippen LogP contribution in [-0.2, 0) is 0 Å². The number of benzene rings is 3. The smallest absolute Gasteiger partial charge is 0.300 e. The third kappa shape index (κ3) is 5.51. The van der Waals surface area contributed by atoms with Gasteiger partial charge < -0.3 is 4.74 Å². The first-order valence-corrected chi connectivity index (χ1v) is 14.6. The van der Waals surface area contributed by atoms with Gasteiger partial charge in [-0.1, -0.05) is 73.7 Å². The van der Waals surface area contributed by atoms with Crippen molar-refractivity contribution in [3.05, 3.63) is 121 Å². The Balaban J connectivity index is 1.46. The van der Waals surface area contributed by atoms with Crippen LogP contribution in [0, 0.1) is 12.8 Å². The zero-order valence-electron chi connectivity index (χ0n) is 23.5. The van der Waals surface area contributed by atoms with E-state index in [1.807, 2.05) is 73.8 Å². The molecule has 3 aromatic carbocycles. The first-order chi connectivity index (χ1) is 20.4. The quantitative estimate of drug-likeness (QED) is 0.244. The van der Waals surface area contributed by atoms with Crippen LogP contribution in [0.1, 0.15) is 31.4 Å². The van der Waals surface area contributed by atoms with Gasteiger partial charge in [-0.05, 0) is 61.2 Å². The normalized spacial score (nSPS) is 12.0. The van der Waals surface area contributed by atoms with Crippen molar-refractivity contribution < 1.29 is 4.74 Å². The lowest BCUT2D eigenvalue weighted by molar-refractivity contribution is 0.288.